The average molecular weight is 228 g/mol. The van der Waals surface area contributed by atoms with Crippen LogP contribution in [-0.4, -0.2) is 41.0 Å². The third kappa shape index (κ3) is 2.71. The van der Waals surface area contributed by atoms with E-state index in [9.17, 15) is 14.4 Å². The van der Waals surface area contributed by atoms with Gasteiger partial charge in [0.05, 0.1) is 6.54 Å². The van der Waals surface area contributed by atoms with E-state index >= 15 is 0 Å². The topological polar surface area (TPSA) is 75.7 Å². The van der Waals surface area contributed by atoms with Gasteiger partial charge in [-0.15, -0.1) is 0 Å². The van der Waals surface area contributed by atoms with Crippen LogP contribution in [0.15, 0.2) is 0 Å². The molecule has 1 atom stereocenters. The highest BCUT2D eigenvalue weighted by Crippen LogP contribution is 2.13. The average Bonchev–Trinajstić information content (AvgIpc) is 2.42. The van der Waals surface area contributed by atoms with Crippen LogP contribution in [0.4, 0.5) is 4.79 Å². The van der Waals surface area contributed by atoms with Gasteiger partial charge in [0.25, 0.3) is 5.91 Å². The number of hydrogen-bond donors (Lipinski definition) is 1. The zero-order valence-corrected chi connectivity index (χ0v) is 9.86. The Hall–Kier alpha value is -1.59. The van der Waals surface area contributed by atoms with Crippen molar-refractivity contribution < 1.29 is 19.1 Å². The number of imide groups is 1. The van der Waals surface area contributed by atoms with Crippen molar-refractivity contribution in [2.24, 2.45) is 0 Å². The second kappa shape index (κ2) is 4.11. The molecule has 1 rings (SSSR count). The fourth-order valence-corrected chi connectivity index (χ4v) is 1.32. The number of esters is 1. The SMILES string of the molecule is CC(C(=O)OC(C)(C)C)N1C(=O)CNC1=O. The number of urea groups is 1. The molecule has 1 N–H and O–H groups in total. The molecule has 90 valence electrons. The maximum absolute atomic E-state index is 11.6. The molecule has 0 saturated carbocycles. The zero-order valence-electron chi connectivity index (χ0n) is 9.86. The Labute approximate surface area is 93.9 Å². The molecule has 6 heteroatoms. The molecule has 0 aromatic heterocycles. The quantitative estimate of drug-likeness (QED) is 0.543. The molecule has 1 fully saturated rings. The number of ether oxygens (including phenoxy) is 1. The first-order valence-corrected chi connectivity index (χ1v) is 5.05. The molecule has 0 aliphatic carbocycles. The van der Waals surface area contributed by atoms with Gasteiger partial charge in [-0.1, -0.05) is 0 Å². The molecule has 0 radical (unpaired) electrons. The van der Waals surface area contributed by atoms with E-state index in [0.29, 0.717) is 0 Å². The van der Waals surface area contributed by atoms with Crippen molar-refractivity contribution in [3.63, 3.8) is 0 Å². The number of carbonyl (C=O) groups is 3. The molecule has 0 spiro atoms. The van der Waals surface area contributed by atoms with Crippen molar-refractivity contribution in [3.05, 3.63) is 0 Å². The minimum atomic E-state index is -0.894. The van der Waals surface area contributed by atoms with Crippen molar-refractivity contribution in [1.29, 1.82) is 0 Å². The summed E-state index contributed by atoms with van der Waals surface area (Å²) in [5.74, 6) is -0.999. The predicted molar refractivity (Wildman–Crippen MR) is 55.6 cm³/mol. The van der Waals surface area contributed by atoms with Crippen LogP contribution in [0, 0.1) is 0 Å². The Morgan fingerprint density at radius 1 is 1.44 bits per heavy atom. The largest absolute Gasteiger partial charge is 0.458 e. The van der Waals surface area contributed by atoms with Gasteiger partial charge in [-0.05, 0) is 27.7 Å². The second-order valence-corrected chi connectivity index (χ2v) is 4.63. The molecule has 0 aromatic rings. The van der Waals surface area contributed by atoms with Crippen LogP contribution in [0.25, 0.3) is 0 Å². The van der Waals surface area contributed by atoms with Gasteiger partial charge >= 0.3 is 12.0 Å². The summed E-state index contributed by atoms with van der Waals surface area (Å²) in [6.45, 7) is 6.58. The van der Waals surface area contributed by atoms with Gasteiger partial charge in [0, 0.05) is 0 Å². The van der Waals surface area contributed by atoms with Crippen LogP contribution in [-0.2, 0) is 14.3 Å². The fourth-order valence-electron chi connectivity index (χ4n) is 1.32. The van der Waals surface area contributed by atoms with Gasteiger partial charge < -0.3 is 10.1 Å². The van der Waals surface area contributed by atoms with E-state index in [2.05, 4.69) is 5.32 Å². The van der Waals surface area contributed by atoms with Gasteiger partial charge in [0.15, 0.2) is 0 Å². The monoisotopic (exact) mass is 228 g/mol. The number of rotatable bonds is 2. The molecule has 1 saturated heterocycles. The molecule has 1 unspecified atom stereocenters. The summed E-state index contributed by atoms with van der Waals surface area (Å²) in [6.07, 6.45) is 0. The summed E-state index contributed by atoms with van der Waals surface area (Å²) < 4.78 is 5.10. The Bertz CT molecular complexity index is 316. The molecular formula is C10H16N2O4. The van der Waals surface area contributed by atoms with Crippen molar-refractivity contribution in [2.45, 2.75) is 39.3 Å². The minimum absolute atomic E-state index is 0.0635. The van der Waals surface area contributed by atoms with E-state index in [1.807, 2.05) is 0 Å². The Balaban J connectivity index is 2.70. The molecule has 3 amide bonds. The van der Waals surface area contributed by atoms with Crippen molar-refractivity contribution in [2.75, 3.05) is 6.54 Å². The van der Waals surface area contributed by atoms with Crippen LogP contribution in [0.5, 0.6) is 0 Å². The highest BCUT2D eigenvalue weighted by atomic mass is 16.6. The van der Waals surface area contributed by atoms with Gasteiger partial charge in [-0.2, -0.15) is 0 Å². The summed E-state index contributed by atoms with van der Waals surface area (Å²) in [5.41, 5.74) is -0.634. The minimum Gasteiger partial charge on any atom is -0.458 e. The highest BCUT2D eigenvalue weighted by Gasteiger charge is 2.37. The van der Waals surface area contributed by atoms with Gasteiger partial charge in [0.1, 0.15) is 11.6 Å². The van der Waals surface area contributed by atoms with Gasteiger partial charge in [0.2, 0.25) is 0 Å². The first kappa shape index (κ1) is 12.5. The highest BCUT2D eigenvalue weighted by molar-refractivity contribution is 6.04. The smallest absolute Gasteiger partial charge is 0.329 e. The summed E-state index contributed by atoms with van der Waals surface area (Å²) >= 11 is 0. The fraction of sp³-hybridized carbons (Fsp3) is 0.700. The number of nitrogens with zero attached hydrogens (tertiary/aromatic N) is 1. The van der Waals surface area contributed by atoms with Crippen LogP contribution >= 0.6 is 0 Å². The van der Waals surface area contributed by atoms with Crippen molar-refractivity contribution in [1.82, 2.24) is 10.2 Å². The Kier molecular flexibility index (Phi) is 3.21. The maximum atomic E-state index is 11.6. The standard InChI is InChI=1S/C10H16N2O4/c1-6(8(14)16-10(2,3)4)12-7(13)5-11-9(12)15/h6H,5H2,1-4H3,(H,11,15). The predicted octanol–water partition coefficient (Wildman–Crippen LogP) is 0.268. The van der Waals surface area contributed by atoms with Crippen LogP contribution in [0.2, 0.25) is 0 Å². The van der Waals surface area contributed by atoms with E-state index < -0.39 is 29.6 Å². The first-order valence-electron chi connectivity index (χ1n) is 5.05. The lowest BCUT2D eigenvalue weighted by Gasteiger charge is -2.25. The van der Waals surface area contributed by atoms with Crippen LogP contribution in [0.1, 0.15) is 27.7 Å². The van der Waals surface area contributed by atoms with E-state index in [1.165, 1.54) is 6.92 Å². The zero-order chi connectivity index (χ0) is 12.5. The molecule has 6 nitrogen and oxygen atoms in total. The first-order chi connectivity index (χ1) is 7.22. The maximum Gasteiger partial charge on any atom is 0.329 e. The van der Waals surface area contributed by atoms with Crippen LogP contribution < -0.4 is 5.32 Å². The summed E-state index contributed by atoms with van der Waals surface area (Å²) in [7, 11) is 0. The number of nitrogens with one attached hydrogen (secondary N) is 1. The summed E-state index contributed by atoms with van der Waals surface area (Å²) in [6, 6.07) is -1.45. The van der Waals surface area contributed by atoms with Gasteiger partial charge in [-0.3, -0.25) is 4.79 Å². The Morgan fingerprint density at radius 3 is 2.38 bits per heavy atom. The molecule has 0 aromatic carbocycles. The molecular weight excluding hydrogens is 212 g/mol. The third-order valence-electron chi connectivity index (χ3n) is 2.01. The molecule has 0 bridgehead atoms. The lowest BCUT2D eigenvalue weighted by molar-refractivity contribution is -0.161. The summed E-state index contributed by atoms with van der Waals surface area (Å²) in [4.78, 5) is 35.1. The van der Waals surface area contributed by atoms with E-state index in [-0.39, 0.29) is 6.54 Å². The lowest BCUT2D eigenvalue weighted by Crippen LogP contribution is -2.46. The number of hydrogen-bond acceptors (Lipinski definition) is 4. The van der Waals surface area contributed by atoms with Gasteiger partial charge in [-0.25, -0.2) is 14.5 Å². The van der Waals surface area contributed by atoms with Crippen molar-refractivity contribution >= 4 is 17.9 Å². The summed E-state index contributed by atoms with van der Waals surface area (Å²) in [5, 5.41) is 2.35. The Morgan fingerprint density at radius 2 is 2.00 bits per heavy atom. The molecule has 1 aliphatic rings. The second-order valence-electron chi connectivity index (χ2n) is 4.63. The molecule has 1 aliphatic heterocycles. The van der Waals surface area contributed by atoms with E-state index in [1.54, 1.807) is 20.8 Å². The van der Waals surface area contributed by atoms with E-state index in [0.717, 1.165) is 4.90 Å². The number of carbonyl (C=O) groups excluding carboxylic acids is 3. The van der Waals surface area contributed by atoms with E-state index in [4.69, 9.17) is 4.74 Å². The number of amides is 3. The van der Waals surface area contributed by atoms with Crippen LogP contribution in [0.3, 0.4) is 0 Å². The molecule has 16 heavy (non-hydrogen) atoms. The van der Waals surface area contributed by atoms with Crippen molar-refractivity contribution in [3.8, 4) is 0 Å². The third-order valence-corrected chi connectivity index (χ3v) is 2.01. The molecule has 1 heterocycles. The lowest BCUT2D eigenvalue weighted by atomic mass is 10.2. The normalized spacial score (nSPS) is 18.4.